The first-order valence-corrected chi connectivity index (χ1v) is 7.77. The highest BCUT2D eigenvalue weighted by molar-refractivity contribution is 6.31. The lowest BCUT2D eigenvalue weighted by Crippen LogP contribution is -2.24. The monoisotopic (exact) mass is 313 g/mol. The van der Waals surface area contributed by atoms with Crippen LogP contribution in [-0.4, -0.2) is 26.3 Å². The Bertz CT molecular complexity index is 828. The van der Waals surface area contributed by atoms with E-state index in [1.807, 2.05) is 31.4 Å². The minimum absolute atomic E-state index is 0.256. The van der Waals surface area contributed by atoms with Gasteiger partial charge in [-0.25, -0.2) is 9.97 Å². The largest absolute Gasteiger partial charge is 0.349 e. The summed E-state index contributed by atoms with van der Waals surface area (Å²) in [5.74, 6) is 0.945. The van der Waals surface area contributed by atoms with Gasteiger partial charge in [-0.2, -0.15) is 5.10 Å². The van der Waals surface area contributed by atoms with Crippen LogP contribution >= 0.6 is 11.6 Å². The zero-order valence-electron chi connectivity index (χ0n) is 12.3. The zero-order chi connectivity index (χ0) is 15.1. The molecular formula is C16H16ClN5. The van der Waals surface area contributed by atoms with Gasteiger partial charge in [0.05, 0.1) is 17.6 Å². The molecule has 0 bridgehead atoms. The molecule has 6 heteroatoms. The van der Waals surface area contributed by atoms with Crippen molar-refractivity contribution in [3.8, 4) is 0 Å². The Morgan fingerprint density at radius 2 is 2.09 bits per heavy atom. The maximum absolute atomic E-state index is 6.40. The van der Waals surface area contributed by atoms with E-state index in [4.69, 9.17) is 11.6 Å². The quantitative estimate of drug-likeness (QED) is 0.728. The summed E-state index contributed by atoms with van der Waals surface area (Å²) in [4.78, 5) is 11.2. The van der Waals surface area contributed by atoms with E-state index < -0.39 is 0 Å². The second-order valence-corrected chi connectivity index (χ2v) is 5.98. The first-order valence-electron chi connectivity index (χ1n) is 7.39. The summed E-state index contributed by atoms with van der Waals surface area (Å²) in [6.45, 7) is 0.969. The molecule has 0 spiro atoms. The lowest BCUT2D eigenvalue weighted by Gasteiger charge is -2.27. The van der Waals surface area contributed by atoms with Gasteiger partial charge in [0.25, 0.3) is 0 Å². The SMILES string of the molecule is Cn1ncc2c(N3CCC[C@H]3c3ccccc3Cl)ncnc21. The molecule has 0 aliphatic carbocycles. The fourth-order valence-electron chi connectivity index (χ4n) is 3.27. The molecule has 1 aliphatic rings. The molecule has 0 unspecified atom stereocenters. The summed E-state index contributed by atoms with van der Waals surface area (Å²) in [6, 6.07) is 8.32. The van der Waals surface area contributed by atoms with Crippen molar-refractivity contribution in [1.29, 1.82) is 0 Å². The van der Waals surface area contributed by atoms with Crippen molar-refractivity contribution in [3.05, 3.63) is 47.4 Å². The maximum atomic E-state index is 6.40. The van der Waals surface area contributed by atoms with E-state index in [2.05, 4.69) is 26.0 Å². The van der Waals surface area contributed by atoms with Gasteiger partial charge >= 0.3 is 0 Å². The van der Waals surface area contributed by atoms with E-state index in [1.165, 1.54) is 0 Å². The van der Waals surface area contributed by atoms with E-state index in [0.29, 0.717) is 0 Å². The number of rotatable bonds is 2. The second kappa shape index (κ2) is 5.25. The van der Waals surface area contributed by atoms with Crippen molar-refractivity contribution in [3.63, 3.8) is 0 Å². The van der Waals surface area contributed by atoms with E-state index in [0.717, 1.165) is 46.8 Å². The fraction of sp³-hybridized carbons (Fsp3) is 0.312. The maximum Gasteiger partial charge on any atom is 0.163 e. The van der Waals surface area contributed by atoms with Gasteiger partial charge < -0.3 is 4.90 Å². The summed E-state index contributed by atoms with van der Waals surface area (Å²) < 4.78 is 1.78. The summed E-state index contributed by atoms with van der Waals surface area (Å²) in [6.07, 6.45) is 5.66. The molecule has 5 nitrogen and oxygen atoms in total. The van der Waals surface area contributed by atoms with E-state index in [9.17, 15) is 0 Å². The van der Waals surface area contributed by atoms with E-state index in [1.54, 1.807) is 11.0 Å². The molecule has 1 atom stereocenters. The highest BCUT2D eigenvalue weighted by atomic mass is 35.5. The van der Waals surface area contributed by atoms with Crippen LogP contribution in [0.1, 0.15) is 24.4 Å². The Balaban J connectivity index is 1.82. The summed E-state index contributed by atoms with van der Waals surface area (Å²) in [5, 5.41) is 6.11. The number of nitrogens with zero attached hydrogens (tertiary/aromatic N) is 5. The van der Waals surface area contributed by atoms with Crippen LogP contribution in [0.4, 0.5) is 5.82 Å². The van der Waals surface area contributed by atoms with Crippen molar-refractivity contribution in [1.82, 2.24) is 19.7 Å². The van der Waals surface area contributed by atoms with Crippen molar-refractivity contribution in [2.24, 2.45) is 7.05 Å². The fourth-order valence-corrected chi connectivity index (χ4v) is 3.53. The lowest BCUT2D eigenvalue weighted by molar-refractivity contribution is 0.713. The number of hydrogen-bond donors (Lipinski definition) is 0. The predicted octanol–water partition coefficient (Wildman–Crippen LogP) is 3.36. The molecule has 0 radical (unpaired) electrons. The van der Waals surface area contributed by atoms with Crippen molar-refractivity contribution < 1.29 is 0 Å². The third-order valence-corrected chi connectivity index (χ3v) is 4.64. The molecule has 0 saturated carbocycles. The Morgan fingerprint density at radius 3 is 2.95 bits per heavy atom. The third kappa shape index (κ3) is 2.04. The van der Waals surface area contributed by atoms with Crippen LogP contribution in [0, 0.1) is 0 Å². The van der Waals surface area contributed by atoms with Crippen molar-refractivity contribution in [2.45, 2.75) is 18.9 Å². The van der Waals surface area contributed by atoms with Gasteiger partial charge in [-0.3, -0.25) is 4.68 Å². The zero-order valence-corrected chi connectivity index (χ0v) is 13.0. The Morgan fingerprint density at radius 1 is 1.23 bits per heavy atom. The van der Waals surface area contributed by atoms with Crippen LogP contribution in [0.5, 0.6) is 0 Å². The molecule has 3 heterocycles. The Hall–Kier alpha value is -2.14. The highest BCUT2D eigenvalue weighted by Crippen LogP contribution is 2.39. The first kappa shape index (κ1) is 13.5. The number of aromatic nitrogens is 4. The molecule has 1 aliphatic heterocycles. The number of anilines is 1. The summed E-state index contributed by atoms with van der Waals surface area (Å²) >= 11 is 6.40. The van der Waals surface area contributed by atoms with Gasteiger partial charge in [0.15, 0.2) is 5.65 Å². The molecular weight excluding hydrogens is 298 g/mol. The van der Waals surface area contributed by atoms with E-state index in [-0.39, 0.29) is 6.04 Å². The first-order chi connectivity index (χ1) is 10.8. The Labute approximate surface area is 133 Å². The molecule has 1 fully saturated rings. The number of aryl methyl sites for hydroxylation is 1. The van der Waals surface area contributed by atoms with Crippen LogP contribution in [0.15, 0.2) is 36.8 Å². The number of halogens is 1. The molecule has 0 amide bonds. The van der Waals surface area contributed by atoms with Crippen LogP contribution < -0.4 is 4.90 Å². The number of hydrogen-bond acceptors (Lipinski definition) is 4. The summed E-state index contributed by atoms with van der Waals surface area (Å²) in [5.41, 5.74) is 2.02. The summed E-state index contributed by atoms with van der Waals surface area (Å²) in [7, 11) is 1.90. The van der Waals surface area contributed by atoms with Gasteiger partial charge in [0.1, 0.15) is 12.1 Å². The minimum atomic E-state index is 0.256. The van der Waals surface area contributed by atoms with Gasteiger partial charge in [0.2, 0.25) is 0 Å². The average molecular weight is 314 g/mol. The van der Waals surface area contributed by atoms with Gasteiger partial charge in [-0.15, -0.1) is 0 Å². The molecule has 1 aromatic carbocycles. The molecule has 4 rings (SSSR count). The topological polar surface area (TPSA) is 46.8 Å². The second-order valence-electron chi connectivity index (χ2n) is 5.58. The smallest absolute Gasteiger partial charge is 0.163 e. The van der Waals surface area contributed by atoms with Crippen LogP contribution in [0.3, 0.4) is 0 Å². The van der Waals surface area contributed by atoms with Gasteiger partial charge in [-0.05, 0) is 24.5 Å². The molecule has 3 aromatic rings. The lowest BCUT2D eigenvalue weighted by atomic mass is 10.0. The molecule has 1 saturated heterocycles. The average Bonchev–Trinajstić information content (AvgIpc) is 3.15. The van der Waals surface area contributed by atoms with Crippen molar-refractivity contribution >= 4 is 28.5 Å². The van der Waals surface area contributed by atoms with Crippen LogP contribution in [-0.2, 0) is 7.05 Å². The predicted molar refractivity (Wildman–Crippen MR) is 87.1 cm³/mol. The molecule has 0 N–H and O–H groups in total. The standard InChI is InChI=1S/C16H16ClN5/c1-21-15-12(9-20-21)16(19-10-18-15)22-8-4-7-14(22)11-5-2-3-6-13(11)17/h2-3,5-6,9-10,14H,4,7-8H2,1H3/t14-/m0/s1. The number of benzene rings is 1. The highest BCUT2D eigenvalue weighted by Gasteiger charge is 2.30. The molecule has 112 valence electrons. The Kier molecular flexibility index (Phi) is 3.22. The molecule has 22 heavy (non-hydrogen) atoms. The molecule has 2 aromatic heterocycles. The van der Waals surface area contributed by atoms with Crippen LogP contribution in [0.25, 0.3) is 11.0 Å². The third-order valence-electron chi connectivity index (χ3n) is 4.30. The van der Waals surface area contributed by atoms with Gasteiger partial charge in [-0.1, -0.05) is 29.8 Å². The van der Waals surface area contributed by atoms with Crippen molar-refractivity contribution in [2.75, 3.05) is 11.4 Å². The number of fused-ring (bicyclic) bond motifs is 1. The van der Waals surface area contributed by atoms with E-state index >= 15 is 0 Å². The van der Waals surface area contributed by atoms with Gasteiger partial charge in [0, 0.05) is 18.6 Å². The minimum Gasteiger partial charge on any atom is -0.349 e. The van der Waals surface area contributed by atoms with Crippen LogP contribution in [0.2, 0.25) is 5.02 Å². The normalized spacial score (nSPS) is 18.3.